The molecule has 1 aromatic heterocycles. The van der Waals surface area contributed by atoms with E-state index < -0.39 is 0 Å². The second-order valence-corrected chi connectivity index (χ2v) is 5.92. The normalized spacial score (nSPS) is 15.0. The molecule has 0 atom stereocenters. The minimum Gasteiger partial charge on any atom is -0.392 e. The average molecular weight is 315 g/mol. The summed E-state index contributed by atoms with van der Waals surface area (Å²) >= 11 is 0. The number of aliphatic hydroxyl groups is 1. The average Bonchev–Trinajstić information content (AvgIpc) is 3.22. The van der Waals surface area contributed by atoms with E-state index in [0.717, 1.165) is 24.2 Å². The number of amides is 1. The molecular formula is C17H21N3O3. The van der Waals surface area contributed by atoms with Crippen LogP contribution in [-0.2, 0) is 13.2 Å². The Morgan fingerprint density at radius 1 is 1.35 bits per heavy atom. The fraction of sp³-hybridized carbons (Fsp3) is 0.412. The van der Waals surface area contributed by atoms with Crippen LogP contribution in [-0.4, -0.2) is 34.2 Å². The highest BCUT2D eigenvalue weighted by atomic mass is 16.5. The maximum absolute atomic E-state index is 12.3. The number of aryl methyl sites for hydroxylation is 1. The number of likely N-dealkylation sites (tertiary alicyclic amines) is 1. The van der Waals surface area contributed by atoms with Crippen molar-refractivity contribution in [2.75, 3.05) is 18.4 Å². The Balaban J connectivity index is 1.67. The van der Waals surface area contributed by atoms with Crippen molar-refractivity contribution in [1.29, 1.82) is 0 Å². The van der Waals surface area contributed by atoms with Crippen LogP contribution in [0, 0.1) is 6.92 Å². The van der Waals surface area contributed by atoms with Crippen LogP contribution in [0.25, 0.3) is 0 Å². The third-order valence-corrected chi connectivity index (χ3v) is 4.10. The number of aromatic nitrogens is 1. The monoisotopic (exact) mass is 315 g/mol. The highest BCUT2D eigenvalue weighted by Gasteiger charge is 2.17. The first-order valence-corrected chi connectivity index (χ1v) is 7.85. The molecule has 1 aliphatic rings. The van der Waals surface area contributed by atoms with Gasteiger partial charge in [0.2, 0.25) is 0 Å². The molecule has 1 aliphatic heterocycles. The van der Waals surface area contributed by atoms with E-state index in [1.54, 1.807) is 12.1 Å². The molecule has 1 saturated heterocycles. The van der Waals surface area contributed by atoms with Gasteiger partial charge in [-0.1, -0.05) is 17.3 Å². The lowest BCUT2D eigenvalue weighted by molar-refractivity contribution is 0.101. The summed E-state index contributed by atoms with van der Waals surface area (Å²) in [5.74, 6) is 0.400. The first kappa shape index (κ1) is 15.7. The Labute approximate surface area is 135 Å². The third-order valence-electron chi connectivity index (χ3n) is 4.10. The lowest BCUT2D eigenvalue weighted by atomic mass is 10.1. The summed E-state index contributed by atoms with van der Waals surface area (Å²) in [6.45, 7) is 4.66. The molecule has 2 aromatic rings. The highest BCUT2D eigenvalue weighted by molar-refractivity contribution is 6.03. The molecule has 0 saturated carbocycles. The van der Waals surface area contributed by atoms with Crippen LogP contribution in [0.5, 0.6) is 0 Å². The summed E-state index contributed by atoms with van der Waals surface area (Å²) in [5, 5.41) is 15.9. The summed E-state index contributed by atoms with van der Waals surface area (Å²) in [5.41, 5.74) is 2.62. The summed E-state index contributed by atoms with van der Waals surface area (Å²) in [6, 6.07) is 7.15. The Morgan fingerprint density at radius 3 is 2.87 bits per heavy atom. The van der Waals surface area contributed by atoms with E-state index in [0.29, 0.717) is 18.0 Å². The third kappa shape index (κ3) is 3.78. The molecule has 1 amide bonds. The number of benzene rings is 1. The standard InChI is InChI=1S/C17H21N3O3/c1-12-4-5-13(11-21)8-15(12)18-17(22)16-9-14(23-19-16)10-20-6-2-3-7-20/h4-5,8-9,21H,2-3,6-7,10-11H2,1H3,(H,18,22). The molecule has 6 heteroatoms. The van der Waals surface area contributed by atoms with Gasteiger partial charge < -0.3 is 14.9 Å². The second kappa shape index (κ2) is 6.93. The van der Waals surface area contributed by atoms with Crippen molar-refractivity contribution in [3.8, 4) is 0 Å². The molecule has 6 nitrogen and oxygen atoms in total. The first-order chi connectivity index (χ1) is 11.2. The van der Waals surface area contributed by atoms with E-state index in [4.69, 9.17) is 4.52 Å². The molecule has 122 valence electrons. The van der Waals surface area contributed by atoms with E-state index in [2.05, 4.69) is 15.4 Å². The number of aliphatic hydroxyl groups excluding tert-OH is 1. The topological polar surface area (TPSA) is 78.6 Å². The molecule has 0 aliphatic carbocycles. The zero-order valence-electron chi connectivity index (χ0n) is 13.2. The van der Waals surface area contributed by atoms with Gasteiger partial charge in [-0.2, -0.15) is 0 Å². The van der Waals surface area contributed by atoms with Crippen LogP contribution in [0.1, 0.15) is 40.2 Å². The zero-order chi connectivity index (χ0) is 16.2. The van der Waals surface area contributed by atoms with Crippen molar-refractivity contribution in [2.45, 2.75) is 32.9 Å². The maximum atomic E-state index is 12.3. The number of hydrogen-bond donors (Lipinski definition) is 2. The van der Waals surface area contributed by atoms with Gasteiger partial charge in [0.15, 0.2) is 11.5 Å². The lowest BCUT2D eigenvalue weighted by Gasteiger charge is -2.10. The van der Waals surface area contributed by atoms with Gasteiger partial charge in [0.05, 0.1) is 13.2 Å². The van der Waals surface area contributed by atoms with Gasteiger partial charge in [-0.15, -0.1) is 0 Å². The molecule has 0 bridgehead atoms. The lowest BCUT2D eigenvalue weighted by Crippen LogP contribution is -2.18. The van der Waals surface area contributed by atoms with Gasteiger partial charge in [0, 0.05) is 11.8 Å². The summed E-state index contributed by atoms with van der Waals surface area (Å²) < 4.78 is 5.27. The van der Waals surface area contributed by atoms with E-state index in [1.807, 2.05) is 19.1 Å². The van der Waals surface area contributed by atoms with Crippen LogP contribution < -0.4 is 5.32 Å². The molecule has 0 radical (unpaired) electrons. The summed E-state index contributed by atoms with van der Waals surface area (Å²) in [6.07, 6.45) is 2.42. The highest BCUT2D eigenvalue weighted by Crippen LogP contribution is 2.19. The Morgan fingerprint density at radius 2 is 2.13 bits per heavy atom. The fourth-order valence-corrected chi connectivity index (χ4v) is 2.74. The predicted molar refractivity (Wildman–Crippen MR) is 86.1 cm³/mol. The number of carbonyl (C=O) groups excluding carboxylic acids is 1. The van der Waals surface area contributed by atoms with Crippen molar-refractivity contribution in [2.24, 2.45) is 0 Å². The molecule has 3 rings (SSSR count). The molecule has 1 aromatic carbocycles. The van der Waals surface area contributed by atoms with Gasteiger partial charge in [-0.05, 0) is 50.0 Å². The van der Waals surface area contributed by atoms with Gasteiger partial charge in [-0.3, -0.25) is 9.69 Å². The molecule has 0 spiro atoms. The van der Waals surface area contributed by atoms with Crippen molar-refractivity contribution in [1.82, 2.24) is 10.1 Å². The van der Waals surface area contributed by atoms with E-state index in [9.17, 15) is 9.90 Å². The summed E-state index contributed by atoms with van der Waals surface area (Å²) in [4.78, 5) is 14.6. The van der Waals surface area contributed by atoms with Gasteiger partial charge in [0.25, 0.3) is 5.91 Å². The van der Waals surface area contributed by atoms with Crippen molar-refractivity contribution in [3.05, 3.63) is 46.8 Å². The van der Waals surface area contributed by atoms with Crippen LogP contribution >= 0.6 is 0 Å². The second-order valence-electron chi connectivity index (χ2n) is 5.92. The molecule has 0 unspecified atom stereocenters. The maximum Gasteiger partial charge on any atom is 0.277 e. The number of nitrogens with one attached hydrogen (secondary N) is 1. The SMILES string of the molecule is Cc1ccc(CO)cc1NC(=O)c1cc(CN2CCCC2)on1. The number of carbonyl (C=O) groups is 1. The molecule has 2 heterocycles. The van der Waals surface area contributed by atoms with Crippen LogP contribution in [0.2, 0.25) is 0 Å². The van der Waals surface area contributed by atoms with Crippen LogP contribution in [0.4, 0.5) is 5.69 Å². The molecule has 23 heavy (non-hydrogen) atoms. The predicted octanol–water partition coefficient (Wildman–Crippen LogP) is 2.32. The fourth-order valence-electron chi connectivity index (χ4n) is 2.74. The minimum absolute atomic E-state index is 0.0624. The van der Waals surface area contributed by atoms with Gasteiger partial charge in [-0.25, -0.2) is 0 Å². The Hall–Kier alpha value is -2.18. The number of anilines is 1. The van der Waals surface area contributed by atoms with E-state index in [-0.39, 0.29) is 18.2 Å². The van der Waals surface area contributed by atoms with Crippen molar-refractivity contribution < 1.29 is 14.4 Å². The zero-order valence-corrected chi connectivity index (χ0v) is 13.2. The van der Waals surface area contributed by atoms with E-state index >= 15 is 0 Å². The van der Waals surface area contributed by atoms with Crippen LogP contribution in [0.3, 0.4) is 0 Å². The van der Waals surface area contributed by atoms with Gasteiger partial charge in [0.1, 0.15) is 0 Å². The Kier molecular flexibility index (Phi) is 4.73. The quantitative estimate of drug-likeness (QED) is 0.885. The van der Waals surface area contributed by atoms with Crippen molar-refractivity contribution >= 4 is 11.6 Å². The van der Waals surface area contributed by atoms with Crippen molar-refractivity contribution in [3.63, 3.8) is 0 Å². The molecule has 2 N–H and O–H groups in total. The van der Waals surface area contributed by atoms with E-state index in [1.165, 1.54) is 12.8 Å². The summed E-state index contributed by atoms with van der Waals surface area (Å²) in [7, 11) is 0. The van der Waals surface area contributed by atoms with Crippen LogP contribution in [0.15, 0.2) is 28.8 Å². The molecular weight excluding hydrogens is 294 g/mol. The number of nitrogens with zero attached hydrogens (tertiary/aromatic N) is 2. The van der Waals surface area contributed by atoms with Gasteiger partial charge >= 0.3 is 0 Å². The molecule has 1 fully saturated rings. The number of hydrogen-bond acceptors (Lipinski definition) is 5. The number of rotatable bonds is 5. The minimum atomic E-state index is -0.306. The largest absolute Gasteiger partial charge is 0.392 e. The Bertz CT molecular complexity index is 690. The smallest absolute Gasteiger partial charge is 0.277 e. The first-order valence-electron chi connectivity index (χ1n) is 7.85.